The number of hydrogen-bond acceptors (Lipinski definition) is 4. The molecule has 7 heteroatoms. The molecule has 138 valence electrons. The van der Waals surface area contributed by atoms with Gasteiger partial charge in [0.15, 0.2) is 5.11 Å². The average Bonchev–Trinajstić information content (AvgIpc) is 2.49. The number of anilines is 1. The number of nitrogens with zero attached hydrogens (tertiary/aromatic N) is 1. The van der Waals surface area contributed by atoms with Gasteiger partial charge >= 0.3 is 0 Å². The van der Waals surface area contributed by atoms with E-state index >= 15 is 0 Å². The maximum atomic E-state index is 12.0. The second-order valence-electron chi connectivity index (χ2n) is 6.77. The van der Waals surface area contributed by atoms with Crippen molar-refractivity contribution < 1.29 is 9.53 Å². The first-order chi connectivity index (χ1) is 11.8. The minimum Gasteiger partial charge on any atom is -0.373 e. The van der Waals surface area contributed by atoms with Gasteiger partial charge in [0.2, 0.25) is 5.91 Å². The van der Waals surface area contributed by atoms with E-state index in [4.69, 9.17) is 17.0 Å². The molecule has 1 amide bonds. The van der Waals surface area contributed by atoms with E-state index in [0.29, 0.717) is 18.1 Å². The van der Waals surface area contributed by atoms with Crippen molar-refractivity contribution in [2.75, 3.05) is 25.0 Å². The third kappa shape index (κ3) is 6.97. The molecule has 1 aliphatic rings. The summed E-state index contributed by atoms with van der Waals surface area (Å²) in [6.45, 7) is 10.6. The maximum absolute atomic E-state index is 12.0. The molecule has 0 unspecified atom stereocenters. The standard InChI is InChI=1S/C18H28N4O2S/c1-12-7-13(2)9-16(8-12)19-18(25)21-20-17(23)5-6-22-10-14(3)24-15(4)11-22/h7-9,14-15H,5-6,10-11H2,1-4H3,(H,20,23)(H2,19,21,25)/t14-,15+. The number of nitrogens with one attached hydrogen (secondary N) is 3. The van der Waals surface area contributed by atoms with E-state index < -0.39 is 0 Å². The van der Waals surface area contributed by atoms with Crippen LogP contribution in [0.15, 0.2) is 18.2 Å². The van der Waals surface area contributed by atoms with Crippen LogP contribution in [0.4, 0.5) is 5.69 Å². The lowest BCUT2D eigenvalue weighted by Crippen LogP contribution is -2.48. The van der Waals surface area contributed by atoms with Crippen molar-refractivity contribution in [1.29, 1.82) is 0 Å². The molecule has 1 aromatic carbocycles. The third-order valence-corrected chi connectivity index (χ3v) is 4.15. The number of carbonyl (C=O) groups excluding carboxylic acids is 1. The Morgan fingerprint density at radius 1 is 1.16 bits per heavy atom. The van der Waals surface area contributed by atoms with E-state index in [0.717, 1.165) is 29.9 Å². The number of hydrazine groups is 1. The Kier molecular flexibility index (Phi) is 7.16. The molecule has 0 radical (unpaired) electrons. The molecule has 1 aromatic rings. The Balaban J connectivity index is 1.69. The fourth-order valence-corrected chi connectivity index (χ4v) is 3.29. The van der Waals surface area contributed by atoms with Crippen molar-refractivity contribution in [3.63, 3.8) is 0 Å². The van der Waals surface area contributed by atoms with Gasteiger partial charge in [-0.3, -0.25) is 20.5 Å². The van der Waals surface area contributed by atoms with Gasteiger partial charge in [0.1, 0.15) is 0 Å². The van der Waals surface area contributed by atoms with Gasteiger partial charge in [-0.15, -0.1) is 0 Å². The predicted molar refractivity (Wildman–Crippen MR) is 104 cm³/mol. The molecule has 0 saturated carbocycles. The molecule has 2 atom stereocenters. The van der Waals surface area contributed by atoms with E-state index in [1.807, 2.05) is 26.0 Å². The van der Waals surface area contributed by atoms with Crippen LogP contribution in [0.5, 0.6) is 0 Å². The summed E-state index contributed by atoms with van der Waals surface area (Å²) in [6.07, 6.45) is 0.831. The van der Waals surface area contributed by atoms with Crippen LogP contribution in [-0.4, -0.2) is 47.8 Å². The van der Waals surface area contributed by atoms with Crippen LogP contribution in [0.1, 0.15) is 31.4 Å². The molecule has 0 aliphatic carbocycles. The summed E-state index contributed by atoms with van der Waals surface area (Å²) < 4.78 is 5.70. The van der Waals surface area contributed by atoms with E-state index in [9.17, 15) is 4.79 Å². The number of ether oxygens (including phenoxy) is 1. The quantitative estimate of drug-likeness (QED) is 0.562. The SMILES string of the molecule is Cc1cc(C)cc(NC(=S)NNC(=O)CCN2C[C@@H](C)O[C@@H](C)C2)c1. The van der Waals surface area contributed by atoms with Crippen molar-refractivity contribution in [3.8, 4) is 0 Å². The molecule has 6 nitrogen and oxygen atoms in total. The summed E-state index contributed by atoms with van der Waals surface area (Å²) in [5.74, 6) is -0.0867. The number of carbonyl (C=O) groups is 1. The van der Waals surface area contributed by atoms with Crippen LogP contribution in [0, 0.1) is 13.8 Å². The minimum atomic E-state index is -0.0867. The Hall–Kier alpha value is -1.70. The zero-order chi connectivity index (χ0) is 18.4. The molecule has 1 heterocycles. The number of benzene rings is 1. The second-order valence-corrected chi connectivity index (χ2v) is 7.18. The van der Waals surface area contributed by atoms with Crippen molar-refractivity contribution in [1.82, 2.24) is 15.8 Å². The lowest BCUT2D eigenvalue weighted by Gasteiger charge is -2.35. The highest BCUT2D eigenvalue weighted by Gasteiger charge is 2.22. The Morgan fingerprint density at radius 3 is 2.36 bits per heavy atom. The summed E-state index contributed by atoms with van der Waals surface area (Å²) >= 11 is 5.22. The first-order valence-corrected chi connectivity index (χ1v) is 9.04. The first kappa shape index (κ1) is 19.6. The molecule has 0 aromatic heterocycles. The zero-order valence-electron chi connectivity index (χ0n) is 15.4. The van der Waals surface area contributed by atoms with Crippen LogP contribution in [0.3, 0.4) is 0 Å². The number of amides is 1. The van der Waals surface area contributed by atoms with Gasteiger partial charge in [0.05, 0.1) is 12.2 Å². The molecule has 25 heavy (non-hydrogen) atoms. The summed E-state index contributed by atoms with van der Waals surface area (Å²) in [7, 11) is 0. The largest absolute Gasteiger partial charge is 0.373 e. The van der Waals surface area contributed by atoms with Crippen molar-refractivity contribution in [3.05, 3.63) is 29.3 Å². The number of rotatable bonds is 4. The van der Waals surface area contributed by atoms with E-state index in [-0.39, 0.29) is 18.1 Å². The van der Waals surface area contributed by atoms with E-state index in [2.05, 4.69) is 41.0 Å². The molecule has 1 saturated heterocycles. The highest BCUT2D eigenvalue weighted by molar-refractivity contribution is 7.80. The zero-order valence-corrected chi connectivity index (χ0v) is 16.2. The van der Waals surface area contributed by atoms with Crippen LogP contribution >= 0.6 is 12.2 Å². The van der Waals surface area contributed by atoms with E-state index in [1.165, 1.54) is 0 Å². The third-order valence-electron chi connectivity index (χ3n) is 3.95. The van der Waals surface area contributed by atoms with Crippen molar-refractivity contribution in [2.24, 2.45) is 0 Å². The summed E-state index contributed by atoms with van der Waals surface area (Å²) in [5, 5.41) is 3.44. The lowest BCUT2D eigenvalue weighted by molar-refractivity contribution is -0.123. The molecular weight excluding hydrogens is 336 g/mol. The minimum absolute atomic E-state index is 0.0867. The Labute approximate surface area is 155 Å². The van der Waals surface area contributed by atoms with Gasteiger partial charge in [-0.05, 0) is 63.2 Å². The van der Waals surface area contributed by atoms with Gasteiger partial charge in [-0.2, -0.15) is 0 Å². The van der Waals surface area contributed by atoms with E-state index in [1.54, 1.807) is 0 Å². The molecule has 0 bridgehead atoms. The summed E-state index contributed by atoms with van der Waals surface area (Å²) in [5.41, 5.74) is 8.61. The van der Waals surface area contributed by atoms with Crippen LogP contribution < -0.4 is 16.2 Å². The number of aryl methyl sites for hydroxylation is 2. The van der Waals surface area contributed by atoms with Gasteiger partial charge in [-0.1, -0.05) is 6.07 Å². The maximum Gasteiger partial charge on any atom is 0.239 e. The predicted octanol–water partition coefficient (Wildman–Crippen LogP) is 2.12. The highest BCUT2D eigenvalue weighted by Crippen LogP contribution is 2.13. The average molecular weight is 365 g/mol. The fraction of sp³-hybridized carbons (Fsp3) is 0.556. The number of hydrogen-bond donors (Lipinski definition) is 3. The lowest BCUT2D eigenvalue weighted by atomic mass is 10.1. The Bertz CT molecular complexity index is 593. The van der Waals surface area contributed by atoms with Crippen LogP contribution in [0.2, 0.25) is 0 Å². The van der Waals surface area contributed by atoms with Gasteiger partial charge in [0, 0.05) is 31.7 Å². The van der Waals surface area contributed by atoms with Gasteiger partial charge < -0.3 is 10.1 Å². The highest BCUT2D eigenvalue weighted by atomic mass is 32.1. The summed E-state index contributed by atoms with van der Waals surface area (Å²) in [6, 6.07) is 6.10. The normalized spacial score (nSPS) is 20.8. The van der Waals surface area contributed by atoms with Crippen molar-refractivity contribution in [2.45, 2.75) is 46.3 Å². The smallest absolute Gasteiger partial charge is 0.239 e. The monoisotopic (exact) mass is 364 g/mol. The molecule has 2 rings (SSSR count). The van der Waals surface area contributed by atoms with Crippen LogP contribution in [0.25, 0.3) is 0 Å². The van der Waals surface area contributed by atoms with Crippen LogP contribution in [-0.2, 0) is 9.53 Å². The topological polar surface area (TPSA) is 65.6 Å². The second kappa shape index (κ2) is 9.12. The fourth-order valence-electron chi connectivity index (χ4n) is 3.12. The molecule has 1 fully saturated rings. The number of thiocarbonyl (C=S) groups is 1. The van der Waals surface area contributed by atoms with Gasteiger partial charge in [0.25, 0.3) is 0 Å². The molecular formula is C18H28N4O2S. The molecule has 3 N–H and O–H groups in total. The van der Waals surface area contributed by atoms with Crippen molar-refractivity contribution >= 4 is 28.9 Å². The molecule has 1 aliphatic heterocycles. The Morgan fingerprint density at radius 2 is 1.76 bits per heavy atom. The number of morpholine rings is 1. The van der Waals surface area contributed by atoms with Gasteiger partial charge in [-0.25, -0.2) is 0 Å². The summed E-state index contributed by atoms with van der Waals surface area (Å²) in [4.78, 5) is 14.2. The first-order valence-electron chi connectivity index (χ1n) is 8.64. The molecule has 0 spiro atoms.